The maximum absolute atomic E-state index is 12.9. The summed E-state index contributed by atoms with van der Waals surface area (Å²) >= 11 is 0. The molecule has 1 aromatic heterocycles. The number of aryl methyl sites for hydroxylation is 2. The van der Waals surface area contributed by atoms with Crippen LogP contribution in [0.5, 0.6) is 11.5 Å². The van der Waals surface area contributed by atoms with Gasteiger partial charge in [0.1, 0.15) is 19.0 Å². The molecule has 0 saturated carbocycles. The van der Waals surface area contributed by atoms with Crippen LogP contribution in [0.1, 0.15) is 61.3 Å². The summed E-state index contributed by atoms with van der Waals surface area (Å²) in [5, 5.41) is 3.37. The van der Waals surface area contributed by atoms with Crippen molar-refractivity contribution in [1.82, 2.24) is 9.88 Å². The van der Waals surface area contributed by atoms with E-state index >= 15 is 0 Å². The summed E-state index contributed by atoms with van der Waals surface area (Å²) in [6, 6.07) is 10.2. The molecule has 2 aromatic rings. The predicted octanol–water partition coefficient (Wildman–Crippen LogP) is 4.12. The van der Waals surface area contributed by atoms with Crippen molar-refractivity contribution in [2.45, 2.75) is 57.3 Å². The van der Waals surface area contributed by atoms with Crippen LogP contribution in [-0.4, -0.2) is 61.7 Å². The summed E-state index contributed by atoms with van der Waals surface area (Å²) in [6.45, 7) is 3.57. The number of benzene rings is 1. The Morgan fingerprint density at radius 3 is 2.76 bits per heavy atom. The molecule has 198 valence electrons. The molecule has 1 fully saturated rings. The number of nitrogens with one attached hydrogen (secondary N) is 1. The lowest BCUT2D eigenvalue weighted by Crippen LogP contribution is -2.39. The number of amides is 1. The molecule has 1 unspecified atom stereocenters. The first-order chi connectivity index (χ1) is 18.1. The molecule has 3 aliphatic rings. The van der Waals surface area contributed by atoms with Gasteiger partial charge in [-0.25, -0.2) is 4.98 Å². The molecular formula is C29H37N3O5. The number of carbonyl (C=O) groups is 2. The molecule has 0 aliphatic carbocycles. The highest BCUT2D eigenvalue weighted by Crippen LogP contribution is 2.38. The number of ether oxygens (including phenoxy) is 3. The summed E-state index contributed by atoms with van der Waals surface area (Å²) in [7, 11) is 1.43. The number of fused-ring (bicyclic) bond motifs is 2. The fourth-order valence-electron chi connectivity index (χ4n) is 5.66. The average molecular weight is 508 g/mol. The zero-order valence-corrected chi connectivity index (χ0v) is 21.7. The Balaban J connectivity index is 1.14. The minimum absolute atomic E-state index is 0.0409. The van der Waals surface area contributed by atoms with Gasteiger partial charge in [0, 0.05) is 31.7 Å². The van der Waals surface area contributed by atoms with Crippen molar-refractivity contribution < 1.29 is 23.8 Å². The Hall–Kier alpha value is -3.29. The van der Waals surface area contributed by atoms with E-state index in [2.05, 4.69) is 17.4 Å². The summed E-state index contributed by atoms with van der Waals surface area (Å²) in [5.41, 5.74) is 3.31. The van der Waals surface area contributed by atoms with E-state index in [0.29, 0.717) is 38.4 Å². The van der Waals surface area contributed by atoms with Crippen LogP contribution in [0.2, 0.25) is 0 Å². The van der Waals surface area contributed by atoms with Crippen LogP contribution < -0.4 is 14.8 Å². The first-order valence-electron chi connectivity index (χ1n) is 13.6. The van der Waals surface area contributed by atoms with E-state index in [1.54, 1.807) is 0 Å². The van der Waals surface area contributed by atoms with Crippen molar-refractivity contribution >= 4 is 17.7 Å². The highest BCUT2D eigenvalue weighted by atomic mass is 16.6. The van der Waals surface area contributed by atoms with Gasteiger partial charge >= 0.3 is 5.97 Å². The molecule has 1 N–H and O–H groups in total. The van der Waals surface area contributed by atoms with E-state index in [4.69, 9.17) is 19.2 Å². The largest absolute Gasteiger partial charge is 0.486 e. The van der Waals surface area contributed by atoms with Gasteiger partial charge in [0.15, 0.2) is 11.5 Å². The van der Waals surface area contributed by atoms with Gasteiger partial charge in [0.05, 0.1) is 13.5 Å². The van der Waals surface area contributed by atoms with Crippen molar-refractivity contribution in [2.75, 3.05) is 45.3 Å². The second kappa shape index (κ2) is 11.8. The van der Waals surface area contributed by atoms with Crippen LogP contribution in [0.15, 0.2) is 30.3 Å². The Morgan fingerprint density at radius 2 is 1.95 bits per heavy atom. The summed E-state index contributed by atoms with van der Waals surface area (Å²) in [4.78, 5) is 31.8. The maximum atomic E-state index is 12.9. The third-order valence-corrected chi connectivity index (χ3v) is 7.81. The molecule has 3 aliphatic heterocycles. The number of anilines is 1. The quantitative estimate of drug-likeness (QED) is 0.538. The van der Waals surface area contributed by atoms with E-state index in [1.807, 2.05) is 23.1 Å². The van der Waals surface area contributed by atoms with Gasteiger partial charge in [0.2, 0.25) is 5.91 Å². The lowest BCUT2D eigenvalue weighted by Gasteiger charge is -2.34. The number of nitrogens with zero attached hydrogens (tertiary/aromatic N) is 2. The molecule has 4 heterocycles. The highest BCUT2D eigenvalue weighted by molar-refractivity contribution is 5.76. The number of piperidine rings is 1. The van der Waals surface area contributed by atoms with Crippen LogP contribution in [0.4, 0.5) is 5.82 Å². The predicted molar refractivity (Wildman–Crippen MR) is 140 cm³/mol. The van der Waals surface area contributed by atoms with Gasteiger partial charge in [-0.2, -0.15) is 0 Å². The van der Waals surface area contributed by atoms with E-state index in [0.717, 1.165) is 80.3 Å². The van der Waals surface area contributed by atoms with Crippen molar-refractivity contribution in [1.29, 1.82) is 0 Å². The first-order valence-corrected chi connectivity index (χ1v) is 13.6. The SMILES string of the molecule is COC(=O)CC(CC1CCN(C(=O)CCc2ccc3c(n2)NCCC3)CC1)c1ccc2c(c1)OCCO2. The molecule has 8 nitrogen and oxygen atoms in total. The molecule has 0 bridgehead atoms. The van der Waals surface area contributed by atoms with E-state index in [9.17, 15) is 9.59 Å². The van der Waals surface area contributed by atoms with Crippen LogP contribution in [0, 0.1) is 5.92 Å². The lowest BCUT2D eigenvalue weighted by atomic mass is 9.82. The smallest absolute Gasteiger partial charge is 0.306 e. The van der Waals surface area contributed by atoms with Gasteiger partial charge in [-0.1, -0.05) is 12.1 Å². The molecule has 8 heteroatoms. The second-order valence-corrected chi connectivity index (χ2v) is 10.3. The minimum Gasteiger partial charge on any atom is -0.486 e. The molecule has 1 saturated heterocycles. The molecule has 0 radical (unpaired) electrons. The number of hydrogen-bond acceptors (Lipinski definition) is 7. The summed E-state index contributed by atoms with van der Waals surface area (Å²) in [6.07, 6.45) is 6.45. The number of rotatable bonds is 8. The Morgan fingerprint density at radius 1 is 1.14 bits per heavy atom. The third kappa shape index (κ3) is 6.35. The minimum atomic E-state index is -0.210. The summed E-state index contributed by atoms with van der Waals surface area (Å²) in [5.74, 6) is 2.95. The van der Waals surface area contributed by atoms with Crippen molar-refractivity contribution in [2.24, 2.45) is 5.92 Å². The van der Waals surface area contributed by atoms with Gasteiger partial charge in [-0.15, -0.1) is 0 Å². The second-order valence-electron chi connectivity index (χ2n) is 10.3. The Labute approximate surface area is 218 Å². The molecule has 5 rings (SSSR count). The number of carbonyl (C=O) groups excluding carboxylic acids is 2. The number of methoxy groups -OCH3 is 1. The van der Waals surface area contributed by atoms with Crippen LogP contribution in [0.3, 0.4) is 0 Å². The van der Waals surface area contributed by atoms with Crippen LogP contribution in [0.25, 0.3) is 0 Å². The molecule has 1 atom stereocenters. The van der Waals surface area contributed by atoms with Crippen molar-refractivity contribution in [3.05, 3.63) is 47.2 Å². The number of aromatic nitrogens is 1. The van der Waals surface area contributed by atoms with Crippen LogP contribution >= 0.6 is 0 Å². The van der Waals surface area contributed by atoms with Gasteiger partial charge in [-0.05, 0) is 79.7 Å². The molecule has 37 heavy (non-hydrogen) atoms. The average Bonchev–Trinajstić information content (AvgIpc) is 2.95. The van der Waals surface area contributed by atoms with Gasteiger partial charge in [-0.3, -0.25) is 9.59 Å². The Kier molecular flexibility index (Phi) is 8.12. The fourth-order valence-corrected chi connectivity index (χ4v) is 5.66. The summed E-state index contributed by atoms with van der Waals surface area (Å²) < 4.78 is 16.4. The Bertz CT molecular complexity index is 1110. The number of pyridine rings is 1. The number of likely N-dealkylation sites (tertiary alicyclic amines) is 1. The van der Waals surface area contributed by atoms with Crippen molar-refractivity contribution in [3.8, 4) is 11.5 Å². The highest BCUT2D eigenvalue weighted by Gasteiger charge is 2.28. The zero-order chi connectivity index (χ0) is 25.6. The van der Waals surface area contributed by atoms with Crippen LogP contribution in [-0.2, 0) is 27.2 Å². The van der Waals surface area contributed by atoms with Crippen molar-refractivity contribution in [3.63, 3.8) is 0 Å². The molecule has 0 spiro atoms. The molecule has 1 amide bonds. The molecule has 1 aromatic carbocycles. The topological polar surface area (TPSA) is 90.0 Å². The van der Waals surface area contributed by atoms with E-state index in [-0.39, 0.29) is 17.8 Å². The third-order valence-electron chi connectivity index (χ3n) is 7.81. The zero-order valence-electron chi connectivity index (χ0n) is 21.7. The van der Waals surface area contributed by atoms with Gasteiger partial charge < -0.3 is 24.4 Å². The number of hydrogen-bond donors (Lipinski definition) is 1. The fraction of sp³-hybridized carbons (Fsp3) is 0.552. The normalized spacial score (nSPS) is 17.9. The maximum Gasteiger partial charge on any atom is 0.306 e. The first kappa shape index (κ1) is 25.4. The van der Waals surface area contributed by atoms with E-state index < -0.39 is 0 Å². The molecular weight excluding hydrogens is 470 g/mol. The standard InChI is InChI=1S/C29H37N3O5/c1-35-28(34)19-23(22-5-8-25-26(18-22)37-16-15-36-25)17-20-10-13-32(14-11-20)27(33)9-7-24-6-4-21-3-2-12-30-29(21)31-24/h4-6,8,18,20,23H,2-3,7,9-17,19H2,1H3,(H,30,31). The number of esters is 1. The monoisotopic (exact) mass is 507 g/mol. The lowest BCUT2D eigenvalue weighted by molar-refractivity contribution is -0.141. The van der Waals surface area contributed by atoms with E-state index in [1.165, 1.54) is 12.7 Å². The van der Waals surface area contributed by atoms with Gasteiger partial charge in [0.25, 0.3) is 0 Å².